The SMILES string of the molecule is [Cl][Ir]([Cl])([Cl])[Cl].[Cl][Pt].[Cl][Ru]([Cl])[Cl]. The normalized spacial score (nSPS) is 11.6. The summed E-state index contributed by atoms with van der Waals surface area (Å²) in [7, 11) is 39.5. The fourth-order valence-electron chi connectivity index (χ4n) is 0. The van der Waals surface area contributed by atoms with Crippen LogP contribution in [-0.4, -0.2) is 0 Å². The second-order valence-corrected chi connectivity index (χ2v) is 29.1. The van der Waals surface area contributed by atoms with Gasteiger partial charge in [0.15, 0.2) is 0 Å². The van der Waals surface area contributed by atoms with Crippen molar-refractivity contribution in [1.29, 1.82) is 0 Å². The molecule has 0 spiro atoms. The molecule has 0 saturated heterocycles. The molecule has 0 fully saturated rings. The van der Waals surface area contributed by atoms with Crippen LogP contribution in [0.5, 0.6) is 0 Å². The van der Waals surface area contributed by atoms with E-state index in [0.717, 1.165) is 0 Å². The predicted molar refractivity (Wildman–Crippen MR) is 46.8 cm³/mol. The van der Waals surface area contributed by atoms with Crippen molar-refractivity contribution >= 4 is 76.8 Å². The van der Waals surface area contributed by atoms with Crippen LogP contribution in [0, 0.1) is 0 Å². The van der Waals surface area contributed by atoms with E-state index in [9.17, 15) is 0 Å². The molecule has 0 aromatic carbocycles. The third-order valence-corrected chi connectivity index (χ3v) is 0. The molecular weight excluding hydrogens is 772 g/mol. The number of rotatable bonds is 0. The fourth-order valence-corrected chi connectivity index (χ4v) is 0. The van der Waals surface area contributed by atoms with Crippen LogP contribution in [0.4, 0.5) is 0 Å². The van der Waals surface area contributed by atoms with Crippen LogP contribution >= 0.6 is 76.8 Å². The van der Waals surface area contributed by atoms with Crippen molar-refractivity contribution in [3.8, 4) is 0 Å². The molecule has 83 valence electrons. The molecule has 0 nitrogen and oxygen atoms in total. The van der Waals surface area contributed by atoms with E-state index in [4.69, 9.17) is 67.4 Å². The minimum atomic E-state index is -3.11. The van der Waals surface area contributed by atoms with Gasteiger partial charge in [-0.15, -0.1) is 0 Å². The summed E-state index contributed by atoms with van der Waals surface area (Å²) in [4.78, 5) is 0. The van der Waals surface area contributed by atoms with E-state index in [1.807, 2.05) is 0 Å². The van der Waals surface area contributed by atoms with Crippen molar-refractivity contribution in [3.05, 3.63) is 0 Å². The van der Waals surface area contributed by atoms with E-state index in [0.29, 0.717) is 0 Å². The van der Waals surface area contributed by atoms with E-state index >= 15 is 0 Å². The van der Waals surface area contributed by atoms with E-state index in [1.165, 1.54) is 0 Å². The molecule has 0 heterocycles. The van der Waals surface area contributed by atoms with Crippen molar-refractivity contribution in [2.45, 2.75) is 0 Å². The van der Waals surface area contributed by atoms with Crippen molar-refractivity contribution in [1.82, 2.24) is 0 Å². The monoisotopic (exact) mass is 770 g/mol. The molecule has 0 bridgehead atoms. The molecule has 11 heteroatoms. The summed E-state index contributed by atoms with van der Waals surface area (Å²) in [6, 6.07) is 0. The summed E-state index contributed by atoms with van der Waals surface area (Å²) in [6.07, 6.45) is 0. The van der Waals surface area contributed by atoms with Gasteiger partial charge >= 0.3 is 120 Å². The van der Waals surface area contributed by atoms with Crippen molar-refractivity contribution in [2.75, 3.05) is 0 Å². The van der Waals surface area contributed by atoms with Gasteiger partial charge in [0, 0.05) is 0 Å². The minimum absolute atomic E-state index is 1.61. The van der Waals surface area contributed by atoms with Gasteiger partial charge in [-0.3, -0.25) is 0 Å². The van der Waals surface area contributed by atoms with Crippen molar-refractivity contribution in [3.63, 3.8) is 0 Å². The van der Waals surface area contributed by atoms with E-state index in [1.54, 1.807) is 18.8 Å². The van der Waals surface area contributed by atoms with E-state index < -0.39 is 24.2 Å². The van der Waals surface area contributed by atoms with Gasteiger partial charge in [-0.2, -0.15) is 0 Å². The summed E-state index contributed by atoms with van der Waals surface area (Å²) in [5.41, 5.74) is 0. The molecule has 0 radical (unpaired) electrons. The number of halogens is 8. The van der Waals surface area contributed by atoms with Crippen molar-refractivity contribution in [2.24, 2.45) is 0 Å². The quantitative estimate of drug-likeness (QED) is 0.286. The molecule has 0 aliphatic carbocycles. The molecule has 0 aromatic rings. The van der Waals surface area contributed by atoms with Gasteiger partial charge in [0.25, 0.3) is 0 Å². The van der Waals surface area contributed by atoms with Crippen LogP contribution in [0.25, 0.3) is 0 Å². The Bertz CT molecular complexity index is 50.8. The van der Waals surface area contributed by atoms with Gasteiger partial charge in [0.05, 0.1) is 0 Å². The Balaban J connectivity index is -0.0000000965. The molecule has 0 saturated carbocycles. The zero-order chi connectivity index (χ0) is 10.1. The molecule has 0 amide bonds. The first-order valence-electron chi connectivity index (χ1n) is 1.02. The molecular formula is Cl8IrPtRu. The number of hydrogen-bond donors (Lipinski definition) is 0. The first-order valence-corrected chi connectivity index (χ1v) is 22.4. The van der Waals surface area contributed by atoms with Gasteiger partial charge in [-0.05, 0) is 0 Å². The van der Waals surface area contributed by atoms with Crippen LogP contribution < -0.4 is 0 Å². The van der Waals surface area contributed by atoms with Gasteiger partial charge < -0.3 is 0 Å². The second-order valence-electron chi connectivity index (χ2n) is 0.437. The topological polar surface area (TPSA) is 0 Å². The zero-order valence-electron chi connectivity index (χ0n) is 4.03. The maximum absolute atomic E-state index is 5.01. The molecule has 0 aromatic heterocycles. The van der Waals surface area contributed by atoms with E-state index in [2.05, 4.69) is 9.42 Å². The van der Waals surface area contributed by atoms with Gasteiger partial charge in [0.1, 0.15) is 0 Å². The molecule has 0 rings (SSSR count). The third kappa shape index (κ3) is 118. The maximum atomic E-state index is 5.01. The van der Waals surface area contributed by atoms with Crippen LogP contribution in [-0.2, 0) is 43.0 Å². The van der Waals surface area contributed by atoms with Crippen molar-refractivity contribution < 1.29 is 43.0 Å². The Labute approximate surface area is 117 Å². The Hall–Kier alpha value is 4.28. The summed E-state index contributed by atoms with van der Waals surface area (Å²) < 4.78 is 0. The van der Waals surface area contributed by atoms with E-state index in [-0.39, 0.29) is 0 Å². The first kappa shape index (κ1) is 20.7. The predicted octanol–water partition coefficient (Wildman–Crippen LogP) is 5.51. The Morgan fingerprint density at radius 3 is 0.818 bits per heavy atom. The molecule has 0 aliphatic rings. The van der Waals surface area contributed by atoms with Gasteiger partial charge in [-0.25, -0.2) is 0 Å². The van der Waals surface area contributed by atoms with Gasteiger partial charge in [-0.1, -0.05) is 0 Å². The molecule has 11 heavy (non-hydrogen) atoms. The average Bonchev–Trinajstić information content (AvgIpc) is 1.63. The standard InChI is InChI=1S/8ClH.Ir.Pt.Ru/h8*1H;;;/q;;;;;;;;+4;+1;+3/p-8. The summed E-state index contributed by atoms with van der Waals surface area (Å²) in [5, 5.41) is 0. The Kier molecular flexibility index (Phi) is 26.8. The summed E-state index contributed by atoms with van der Waals surface area (Å²) in [6.45, 7) is 0. The fraction of sp³-hybridized carbons (Fsp3) is 0. The van der Waals surface area contributed by atoms with Crippen LogP contribution in [0.15, 0.2) is 0 Å². The molecule has 0 unspecified atom stereocenters. The molecule has 0 atom stereocenters. The zero-order valence-corrected chi connectivity index (χ0v) is 16.5. The second kappa shape index (κ2) is 14.3. The van der Waals surface area contributed by atoms with Gasteiger partial charge in [0.2, 0.25) is 0 Å². The van der Waals surface area contributed by atoms with Crippen LogP contribution in [0.2, 0.25) is 0 Å². The van der Waals surface area contributed by atoms with Crippen LogP contribution in [0.1, 0.15) is 0 Å². The Morgan fingerprint density at radius 2 is 0.818 bits per heavy atom. The third-order valence-electron chi connectivity index (χ3n) is 0. The number of hydrogen-bond acceptors (Lipinski definition) is 0. The Morgan fingerprint density at radius 1 is 0.818 bits per heavy atom. The first-order chi connectivity index (χ1) is 4.73. The van der Waals surface area contributed by atoms with Crippen LogP contribution in [0.3, 0.4) is 0 Å². The summed E-state index contributed by atoms with van der Waals surface area (Å²) in [5.74, 6) is 0. The summed E-state index contributed by atoms with van der Waals surface area (Å²) >= 11 is -3.25. The molecule has 0 aliphatic heterocycles. The average molecular weight is 772 g/mol. The molecule has 0 N–H and O–H groups in total.